The zero-order valence-corrected chi connectivity index (χ0v) is 12.1. The summed E-state index contributed by atoms with van der Waals surface area (Å²) in [6.45, 7) is 4.61. The average molecular weight is 259 g/mol. The number of nitrogens with zero attached hydrogens (tertiary/aromatic N) is 2. The van der Waals surface area contributed by atoms with Gasteiger partial charge in [0.2, 0.25) is 0 Å². The summed E-state index contributed by atoms with van der Waals surface area (Å²) < 4.78 is 0. The summed E-state index contributed by atoms with van der Waals surface area (Å²) >= 11 is 0. The van der Waals surface area contributed by atoms with Crippen LogP contribution in [0, 0.1) is 0 Å². The first-order valence-electron chi connectivity index (χ1n) is 7.44. The molecule has 2 atom stereocenters. The van der Waals surface area contributed by atoms with Gasteiger partial charge in [0.1, 0.15) is 0 Å². The smallest absolute Gasteiger partial charge is 0.0363 e. The third kappa shape index (κ3) is 2.69. The van der Waals surface area contributed by atoms with Crippen LogP contribution in [0.4, 0.5) is 0 Å². The molecule has 0 bridgehead atoms. The van der Waals surface area contributed by atoms with Gasteiger partial charge in [0.25, 0.3) is 0 Å². The number of likely N-dealkylation sites (N-methyl/N-ethyl adjacent to an activating group) is 2. The maximum absolute atomic E-state index is 3.53. The highest BCUT2D eigenvalue weighted by molar-refractivity contribution is 5.32. The number of piperazine rings is 1. The highest BCUT2D eigenvalue weighted by Gasteiger charge is 2.29. The molecule has 0 aromatic heterocycles. The van der Waals surface area contributed by atoms with E-state index >= 15 is 0 Å². The Balaban J connectivity index is 1.79. The predicted octanol–water partition coefficient (Wildman–Crippen LogP) is 1.51. The van der Waals surface area contributed by atoms with Crippen LogP contribution in [0.3, 0.4) is 0 Å². The Morgan fingerprint density at radius 1 is 1.16 bits per heavy atom. The first-order valence-corrected chi connectivity index (χ1v) is 7.44. The van der Waals surface area contributed by atoms with Gasteiger partial charge in [-0.3, -0.25) is 4.90 Å². The van der Waals surface area contributed by atoms with Crippen LogP contribution in [0.25, 0.3) is 0 Å². The van der Waals surface area contributed by atoms with E-state index in [1.54, 1.807) is 11.1 Å². The van der Waals surface area contributed by atoms with E-state index in [9.17, 15) is 0 Å². The zero-order valence-electron chi connectivity index (χ0n) is 12.1. The molecular weight excluding hydrogens is 234 g/mol. The van der Waals surface area contributed by atoms with E-state index in [0.29, 0.717) is 12.1 Å². The quantitative estimate of drug-likeness (QED) is 0.868. The van der Waals surface area contributed by atoms with Crippen LogP contribution in [-0.4, -0.2) is 56.1 Å². The van der Waals surface area contributed by atoms with Crippen molar-refractivity contribution < 1.29 is 0 Å². The van der Waals surface area contributed by atoms with Crippen LogP contribution >= 0.6 is 0 Å². The number of hydrogen-bond acceptors (Lipinski definition) is 3. The molecule has 2 aliphatic rings. The third-order valence-corrected chi connectivity index (χ3v) is 4.82. The van der Waals surface area contributed by atoms with Crippen molar-refractivity contribution in [2.75, 3.05) is 40.3 Å². The van der Waals surface area contributed by atoms with E-state index < -0.39 is 0 Å². The summed E-state index contributed by atoms with van der Waals surface area (Å²) in [7, 11) is 4.54. The molecule has 0 aliphatic carbocycles. The van der Waals surface area contributed by atoms with E-state index in [2.05, 4.69) is 53.5 Å². The summed E-state index contributed by atoms with van der Waals surface area (Å²) in [5.41, 5.74) is 3.10. The standard InChI is InChI=1S/C16H25N3/c1-18-10-8-17-12-14(18)11-16-15-6-4-3-5-13(15)7-9-19(16)2/h3-6,14,16-17H,7-12H2,1-2H3. The van der Waals surface area contributed by atoms with Crippen LogP contribution in [0.2, 0.25) is 0 Å². The zero-order chi connectivity index (χ0) is 13.2. The van der Waals surface area contributed by atoms with E-state index in [0.717, 1.165) is 13.1 Å². The SMILES string of the molecule is CN1CCNCC1CC1c2ccccc2CCN1C. The van der Waals surface area contributed by atoms with Gasteiger partial charge in [-0.25, -0.2) is 0 Å². The molecule has 1 aromatic carbocycles. The van der Waals surface area contributed by atoms with Crippen LogP contribution in [0.5, 0.6) is 0 Å². The summed E-state index contributed by atoms with van der Waals surface area (Å²) in [6.07, 6.45) is 2.43. The van der Waals surface area contributed by atoms with Crippen LogP contribution in [0.15, 0.2) is 24.3 Å². The Bertz CT molecular complexity index is 432. The van der Waals surface area contributed by atoms with Crippen LogP contribution in [0.1, 0.15) is 23.6 Å². The lowest BCUT2D eigenvalue weighted by atomic mass is 9.88. The molecule has 19 heavy (non-hydrogen) atoms. The van der Waals surface area contributed by atoms with Gasteiger partial charge in [-0.1, -0.05) is 24.3 Å². The van der Waals surface area contributed by atoms with Gasteiger partial charge in [-0.2, -0.15) is 0 Å². The average Bonchev–Trinajstić information content (AvgIpc) is 2.44. The summed E-state index contributed by atoms with van der Waals surface area (Å²) in [4.78, 5) is 5.05. The first-order chi connectivity index (χ1) is 9.25. The molecule has 2 unspecified atom stereocenters. The van der Waals surface area contributed by atoms with Crippen molar-refractivity contribution in [1.29, 1.82) is 0 Å². The maximum Gasteiger partial charge on any atom is 0.0363 e. The van der Waals surface area contributed by atoms with Gasteiger partial charge < -0.3 is 10.2 Å². The second-order valence-corrected chi connectivity index (χ2v) is 6.02. The van der Waals surface area contributed by atoms with Crippen molar-refractivity contribution in [3.8, 4) is 0 Å². The second-order valence-electron chi connectivity index (χ2n) is 6.02. The van der Waals surface area contributed by atoms with Crippen molar-refractivity contribution >= 4 is 0 Å². The normalized spacial score (nSPS) is 29.2. The molecule has 3 heteroatoms. The molecule has 0 saturated carbocycles. The fourth-order valence-electron chi connectivity index (χ4n) is 3.47. The molecule has 3 rings (SSSR count). The number of benzene rings is 1. The Kier molecular flexibility index (Phi) is 3.87. The highest BCUT2D eigenvalue weighted by atomic mass is 15.2. The van der Waals surface area contributed by atoms with Crippen molar-refractivity contribution in [1.82, 2.24) is 15.1 Å². The summed E-state index contributed by atoms with van der Waals surface area (Å²) in [5, 5.41) is 3.53. The number of rotatable bonds is 2. The number of hydrogen-bond donors (Lipinski definition) is 1. The van der Waals surface area contributed by atoms with Gasteiger partial charge in [0.15, 0.2) is 0 Å². The molecule has 2 heterocycles. The van der Waals surface area contributed by atoms with Gasteiger partial charge >= 0.3 is 0 Å². The van der Waals surface area contributed by atoms with E-state index in [-0.39, 0.29) is 0 Å². The second kappa shape index (κ2) is 5.61. The molecule has 1 saturated heterocycles. The molecule has 0 amide bonds. The lowest BCUT2D eigenvalue weighted by molar-refractivity contribution is 0.133. The lowest BCUT2D eigenvalue weighted by Crippen LogP contribution is -2.51. The Morgan fingerprint density at radius 3 is 2.84 bits per heavy atom. The molecule has 104 valence electrons. The largest absolute Gasteiger partial charge is 0.314 e. The summed E-state index contributed by atoms with van der Waals surface area (Å²) in [5.74, 6) is 0. The molecule has 0 spiro atoms. The number of fused-ring (bicyclic) bond motifs is 1. The van der Waals surface area contributed by atoms with Crippen LogP contribution < -0.4 is 5.32 Å². The Labute approximate surface area is 116 Å². The van der Waals surface area contributed by atoms with Crippen molar-refractivity contribution in [3.05, 3.63) is 35.4 Å². The van der Waals surface area contributed by atoms with E-state index in [1.807, 2.05) is 0 Å². The third-order valence-electron chi connectivity index (χ3n) is 4.82. The van der Waals surface area contributed by atoms with Crippen molar-refractivity contribution in [3.63, 3.8) is 0 Å². The fraction of sp³-hybridized carbons (Fsp3) is 0.625. The molecule has 2 aliphatic heterocycles. The molecule has 0 radical (unpaired) electrons. The molecular formula is C16H25N3. The first kappa shape index (κ1) is 13.1. The Morgan fingerprint density at radius 2 is 2.00 bits per heavy atom. The summed E-state index contributed by atoms with van der Waals surface area (Å²) in [6, 6.07) is 10.2. The van der Waals surface area contributed by atoms with Gasteiger partial charge in [-0.05, 0) is 38.1 Å². The molecule has 1 aromatic rings. The minimum Gasteiger partial charge on any atom is -0.314 e. The van der Waals surface area contributed by atoms with Crippen LogP contribution in [-0.2, 0) is 6.42 Å². The maximum atomic E-state index is 3.53. The fourth-order valence-corrected chi connectivity index (χ4v) is 3.47. The molecule has 1 fully saturated rings. The van der Waals surface area contributed by atoms with Gasteiger partial charge in [-0.15, -0.1) is 0 Å². The predicted molar refractivity (Wildman–Crippen MR) is 79.4 cm³/mol. The monoisotopic (exact) mass is 259 g/mol. The molecule has 3 nitrogen and oxygen atoms in total. The minimum atomic E-state index is 0.581. The molecule has 1 N–H and O–H groups in total. The Hall–Kier alpha value is -0.900. The van der Waals surface area contributed by atoms with E-state index in [4.69, 9.17) is 0 Å². The van der Waals surface area contributed by atoms with E-state index in [1.165, 1.54) is 25.9 Å². The topological polar surface area (TPSA) is 18.5 Å². The van der Waals surface area contributed by atoms with Gasteiger partial charge in [0.05, 0.1) is 0 Å². The number of nitrogens with one attached hydrogen (secondary N) is 1. The van der Waals surface area contributed by atoms with Crippen molar-refractivity contribution in [2.45, 2.75) is 24.9 Å². The lowest BCUT2D eigenvalue weighted by Gasteiger charge is -2.40. The minimum absolute atomic E-state index is 0.581. The van der Waals surface area contributed by atoms with Gasteiger partial charge in [0, 0.05) is 38.3 Å². The highest BCUT2D eigenvalue weighted by Crippen LogP contribution is 2.32. The van der Waals surface area contributed by atoms with Crippen molar-refractivity contribution in [2.24, 2.45) is 0 Å².